The quantitative estimate of drug-likeness (QED) is 0.871. The lowest BCUT2D eigenvalue weighted by Crippen LogP contribution is -2.12. The highest BCUT2D eigenvalue weighted by molar-refractivity contribution is 9.10. The highest BCUT2D eigenvalue weighted by Crippen LogP contribution is 2.31. The predicted octanol–water partition coefficient (Wildman–Crippen LogP) is 3.64. The van der Waals surface area contributed by atoms with Gasteiger partial charge in [0, 0.05) is 20.8 Å². The molecule has 2 rings (SSSR count). The molecule has 0 amide bonds. The van der Waals surface area contributed by atoms with Crippen LogP contribution in [0.15, 0.2) is 33.5 Å². The standard InChI is InChI=1S/C13H8BrClN2O/c1-7-4-10(11(6-16)13(18)17-7)9-3-2-8(15)5-12(9)14/h2-5H,1H3,(H,17,18). The minimum atomic E-state index is -0.380. The number of pyridine rings is 1. The van der Waals surface area contributed by atoms with E-state index in [0.29, 0.717) is 16.3 Å². The monoisotopic (exact) mass is 322 g/mol. The van der Waals surface area contributed by atoms with Crippen LogP contribution in [0.5, 0.6) is 0 Å². The van der Waals surface area contributed by atoms with E-state index < -0.39 is 0 Å². The summed E-state index contributed by atoms with van der Waals surface area (Å²) < 4.78 is 0.747. The molecule has 0 spiro atoms. The number of hydrogen-bond donors (Lipinski definition) is 1. The summed E-state index contributed by atoms with van der Waals surface area (Å²) in [5.41, 5.74) is 1.79. The van der Waals surface area contributed by atoms with E-state index >= 15 is 0 Å². The first-order chi connectivity index (χ1) is 8.52. The van der Waals surface area contributed by atoms with Gasteiger partial charge in [-0.15, -0.1) is 0 Å². The van der Waals surface area contributed by atoms with E-state index in [1.54, 1.807) is 31.2 Å². The molecule has 5 heteroatoms. The smallest absolute Gasteiger partial charge is 0.266 e. The van der Waals surface area contributed by atoms with Crippen LogP contribution in [0.3, 0.4) is 0 Å². The number of hydrogen-bond acceptors (Lipinski definition) is 2. The van der Waals surface area contributed by atoms with Gasteiger partial charge in [0.15, 0.2) is 0 Å². The van der Waals surface area contributed by atoms with Crippen LogP contribution >= 0.6 is 27.5 Å². The van der Waals surface area contributed by atoms with Crippen LogP contribution in [0.25, 0.3) is 11.1 Å². The summed E-state index contributed by atoms with van der Waals surface area (Å²) in [6, 6.07) is 8.94. The molecule has 1 heterocycles. The normalized spacial score (nSPS) is 10.1. The Labute approximate surface area is 117 Å². The Hall–Kier alpha value is -1.57. The summed E-state index contributed by atoms with van der Waals surface area (Å²) in [4.78, 5) is 14.3. The van der Waals surface area contributed by atoms with E-state index in [1.165, 1.54) is 0 Å². The average molecular weight is 324 g/mol. The van der Waals surface area contributed by atoms with Crippen molar-refractivity contribution in [3.63, 3.8) is 0 Å². The van der Waals surface area contributed by atoms with Crippen molar-refractivity contribution in [2.45, 2.75) is 6.92 Å². The molecule has 0 bridgehead atoms. The number of nitrogens with zero attached hydrogens (tertiary/aromatic N) is 1. The van der Waals surface area contributed by atoms with Crippen molar-refractivity contribution in [1.82, 2.24) is 4.98 Å². The van der Waals surface area contributed by atoms with Crippen LogP contribution < -0.4 is 5.56 Å². The van der Waals surface area contributed by atoms with Gasteiger partial charge in [-0.1, -0.05) is 33.6 Å². The van der Waals surface area contributed by atoms with Gasteiger partial charge in [-0.3, -0.25) is 4.79 Å². The van der Waals surface area contributed by atoms with Gasteiger partial charge in [0.1, 0.15) is 11.6 Å². The molecule has 0 radical (unpaired) electrons. The number of nitrogens with one attached hydrogen (secondary N) is 1. The summed E-state index contributed by atoms with van der Waals surface area (Å²) in [5, 5.41) is 9.67. The second kappa shape index (κ2) is 4.97. The maximum atomic E-state index is 11.7. The molecule has 0 fully saturated rings. The molecule has 18 heavy (non-hydrogen) atoms. The van der Waals surface area contributed by atoms with E-state index in [-0.39, 0.29) is 11.1 Å². The maximum absolute atomic E-state index is 11.7. The predicted molar refractivity (Wildman–Crippen MR) is 74.7 cm³/mol. The Balaban J connectivity index is 2.79. The molecule has 0 saturated carbocycles. The van der Waals surface area contributed by atoms with Crippen LogP contribution in [-0.2, 0) is 0 Å². The molecule has 0 atom stereocenters. The molecule has 1 aromatic carbocycles. The zero-order chi connectivity index (χ0) is 13.3. The van der Waals surface area contributed by atoms with Crippen LogP contribution in [0, 0.1) is 18.3 Å². The van der Waals surface area contributed by atoms with Crippen molar-refractivity contribution in [3.05, 3.63) is 55.4 Å². The summed E-state index contributed by atoms with van der Waals surface area (Å²) in [5.74, 6) is 0. The fraction of sp³-hybridized carbons (Fsp3) is 0.0769. The third-order valence-corrected chi connectivity index (χ3v) is 3.39. The molecule has 0 aliphatic heterocycles. The summed E-state index contributed by atoms with van der Waals surface area (Å²) in [6.45, 7) is 1.77. The zero-order valence-corrected chi connectivity index (χ0v) is 11.8. The summed E-state index contributed by atoms with van der Waals surface area (Å²) in [6.07, 6.45) is 0. The van der Waals surface area contributed by atoms with Gasteiger partial charge in [-0.25, -0.2) is 0 Å². The van der Waals surface area contributed by atoms with Crippen LogP contribution in [0.1, 0.15) is 11.3 Å². The third kappa shape index (κ3) is 2.33. The van der Waals surface area contributed by atoms with Crippen LogP contribution in [-0.4, -0.2) is 4.98 Å². The van der Waals surface area contributed by atoms with Gasteiger partial charge in [-0.2, -0.15) is 5.26 Å². The molecule has 1 N–H and O–H groups in total. The van der Waals surface area contributed by atoms with E-state index in [1.807, 2.05) is 6.07 Å². The fourth-order valence-electron chi connectivity index (χ4n) is 1.72. The molecule has 1 aromatic heterocycles. The first-order valence-corrected chi connectivity index (χ1v) is 6.29. The molecule has 2 aromatic rings. The van der Waals surface area contributed by atoms with Crippen LogP contribution in [0.4, 0.5) is 0 Å². The number of rotatable bonds is 1. The third-order valence-electron chi connectivity index (χ3n) is 2.50. The number of aromatic amines is 1. The Bertz CT molecular complexity index is 716. The first-order valence-electron chi connectivity index (χ1n) is 5.12. The van der Waals surface area contributed by atoms with E-state index in [0.717, 1.165) is 10.0 Å². The largest absolute Gasteiger partial charge is 0.325 e. The molecule has 0 aliphatic carbocycles. The number of nitriles is 1. The first kappa shape index (κ1) is 12.9. The second-order valence-corrected chi connectivity index (χ2v) is 5.10. The van der Waals surface area contributed by atoms with Crippen molar-refractivity contribution >= 4 is 27.5 Å². The lowest BCUT2D eigenvalue weighted by molar-refractivity contribution is 1.13. The van der Waals surface area contributed by atoms with Crippen molar-refractivity contribution in [1.29, 1.82) is 5.26 Å². The topological polar surface area (TPSA) is 56.6 Å². The molecule has 0 saturated heterocycles. The highest BCUT2D eigenvalue weighted by atomic mass is 79.9. The van der Waals surface area contributed by atoms with E-state index in [2.05, 4.69) is 20.9 Å². The fourth-order valence-corrected chi connectivity index (χ4v) is 2.62. The van der Waals surface area contributed by atoms with Gasteiger partial charge >= 0.3 is 0 Å². The number of aromatic nitrogens is 1. The van der Waals surface area contributed by atoms with E-state index in [4.69, 9.17) is 16.9 Å². The Kier molecular flexibility index (Phi) is 3.55. The van der Waals surface area contributed by atoms with Gasteiger partial charge in [0.05, 0.1) is 0 Å². The highest BCUT2D eigenvalue weighted by Gasteiger charge is 2.12. The zero-order valence-electron chi connectivity index (χ0n) is 9.42. The lowest BCUT2D eigenvalue weighted by atomic mass is 10.0. The number of halogens is 2. The molecule has 0 unspecified atom stereocenters. The molecular formula is C13H8BrClN2O. The van der Waals surface area contributed by atoms with Crippen molar-refractivity contribution in [2.24, 2.45) is 0 Å². The molecule has 0 aliphatic rings. The lowest BCUT2D eigenvalue weighted by Gasteiger charge is -2.08. The van der Waals surface area contributed by atoms with Gasteiger partial charge in [-0.05, 0) is 30.7 Å². The van der Waals surface area contributed by atoms with Gasteiger partial charge in [0.25, 0.3) is 5.56 Å². The van der Waals surface area contributed by atoms with Crippen LogP contribution in [0.2, 0.25) is 5.02 Å². The molecular weight excluding hydrogens is 316 g/mol. The SMILES string of the molecule is Cc1cc(-c2ccc(Cl)cc2Br)c(C#N)c(=O)[nH]1. The van der Waals surface area contributed by atoms with Gasteiger partial charge < -0.3 is 4.98 Å². The van der Waals surface area contributed by atoms with Crippen molar-refractivity contribution in [3.8, 4) is 17.2 Å². The minimum absolute atomic E-state index is 0.101. The van der Waals surface area contributed by atoms with E-state index in [9.17, 15) is 4.79 Å². The number of aryl methyl sites for hydroxylation is 1. The average Bonchev–Trinajstić information content (AvgIpc) is 2.28. The Morgan fingerprint density at radius 1 is 1.33 bits per heavy atom. The van der Waals surface area contributed by atoms with Gasteiger partial charge in [0.2, 0.25) is 0 Å². The Morgan fingerprint density at radius 2 is 2.06 bits per heavy atom. The summed E-state index contributed by atoms with van der Waals surface area (Å²) in [7, 11) is 0. The number of H-pyrrole nitrogens is 1. The molecule has 3 nitrogen and oxygen atoms in total. The minimum Gasteiger partial charge on any atom is -0.325 e. The van der Waals surface area contributed by atoms with Crippen molar-refractivity contribution < 1.29 is 0 Å². The second-order valence-electron chi connectivity index (χ2n) is 3.81. The summed E-state index contributed by atoms with van der Waals surface area (Å²) >= 11 is 9.27. The Morgan fingerprint density at radius 3 is 2.67 bits per heavy atom. The number of benzene rings is 1. The van der Waals surface area contributed by atoms with Crippen molar-refractivity contribution in [2.75, 3.05) is 0 Å². The molecule has 90 valence electrons. The maximum Gasteiger partial charge on any atom is 0.266 e.